The first-order chi connectivity index (χ1) is 9.20. The first kappa shape index (κ1) is 15.4. The number of nitrogens with zero attached hydrogens (tertiary/aromatic N) is 2. The molecule has 0 aromatic carbocycles. The average Bonchev–Trinajstić information content (AvgIpc) is 2.94. The van der Waals surface area contributed by atoms with Gasteiger partial charge in [-0.2, -0.15) is 5.10 Å². The van der Waals surface area contributed by atoms with Crippen molar-refractivity contribution in [2.75, 3.05) is 0 Å². The summed E-state index contributed by atoms with van der Waals surface area (Å²) in [6.07, 6.45) is 1.37. The third kappa shape index (κ3) is 3.38. The van der Waals surface area contributed by atoms with Crippen LogP contribution in [0.25, 0.3) is 0 Å². The number of hydrogen-bond donors (Lipinski definition) is 1. The first-order valence-corrected chi connectivity index (χ1v) is 9.82. The molecule has 0 radical (unpaired) electrons. The highest BCUT2D eigenvalue weighted by Crippen LogP contribution is 2.24. The molecule has 0 bridgehead atoms. The van der Waals surface area contributed by atoms with Gasteiger partial charge in [-0.15, -0.1) is 11.3 Å². The van der Waals surface area contributed by atoms with Gasteiger partial charge >= 0.3 is 0 Å². The number of thiophene rings is 1. The minimum absolute atomic E-state index is 0.0195. The van der Waals surface area contributed by atoms with Gasteiger partial charge in [-0.05, 0) is 18.2 Å². The van der Waals surface area contributed by atoms with Gasteiger partial charge in [0.05, 0.1) is 6.20 Å². The van der Waals surface area contributed by atoms with E-state index in [1.807, 2.05) is 0 Å². The van der Waals surface area contributed by atoms with Gasteiger partial charge in [0.15, 0.2) is 5.03 Å². The summed E-state index contributed by atoms with van der Waals surface area (Å²) < 4.78 is 49.7. The van der Waals surface area contributed by atoms with Crippen LogP contribution < -0.4 is 4.72 Å². The number of sulfonamides is 1. The van der Waals surface area contributed by atoms with Crippen molar-refractivity contribution in [1.29, 1.82) is 0 Å². The second kappa shape index (κ2) is 5.45. The first-order valence-electron chi connectivity index (χ1n) is 5.21. The van der Waals surface area contributed by atoms with Crippen LogP contribution >= 0.6 is 22.0 Å². The van der Waals surface area contributed by atoms with Gasteiger partial charge in [0, 0.05) is 29.2 Å². The zero-order chi connectivity index (χ0) is 15.0. The lowest BCUT2D eigenvalue weighted by molar-refractivity contribution is 0.563. The van der Waals surface area contributed by atoms with Crippen molar-refractivity contribution in [3.05, 3.63) is 29.3 Å². The highest BCUT2D eigenvalue weighted by atomic mass is 35.7. The Bertz CT molecular complexity index is 822. The standard InChI is InChI=1S/C9H10ClN3O4S3/c1-13-8(4-5-11-13)20(16,17)12-6-7-2-3-9(18-7)19(10,14)15/h2-5,12H,6H2,1H3. The molecule has 7 nitrogen and oxygen atoms in total. The van der Waals surface area contributed by atoms with Crippen LogP contribution in [0.1, 0.15) is 4.88 Å². The molecule has 20 heavy (non-hydrogen) atoms. The summed E-state index contributed by atoms with van der Waals surface area (Å²) in [5.41, 5.74) is 0. The lowest BCUT2D eigenvalue weighted by Crippen LogP contribution is -2.24. The molecule has 2 rings (SSSR count). The monoisotopic (exact) mass is 355 g/mol. The summed E-state index contributed by atoms with van der Waals surface area (Å²) in [7, 11) is -0.775. The van der Waals surface area contributed by atoms with E-state index in [4.69, 9.17) is 10.7 Å². The average molecular weight is 356 g/mol. The molecule has 2 heterocycles. The van der Waals surface area contributed by atoms with Crippen molar-refractivity contribution in [2.45, 2.75) is 15.8 Å². The van der Waals surface area contributed by atoms with Crippen LogP contribution in [0.15, 0.2) is 33.6 Å². The van der Waals surface area contributed by atoms with Crippen LogP contribution in [0.5, 0.6) is 0 Å². The fraction of sp³-hybridized carbons (Fsp3) is 0.222. The van der Waals surface area contributed by atoms with Crippen molar-refractivity contribution >= 4 is 41.1 Å². The van der Waals surface area contributed by atoms with Crippen LogP contribution in [0.4, 0.5) is 0 Å². The quantitative estimate of drug-likeness (QED) is 0.803. The molecule has 0 aliphatic carbocycles. The fourth-order valence-electron chi connectivity index (χ4n) is 1.45. The highest BCUT2D eigenvalue weighted by Gasteiger charge is 2.19. The van der Waals surface area contributed by atoms with E-state index < -0.39 is 19.1 Å². The molecule has 0 amide bonds. The summed E-state index contributed by atoms with van der Waals surface area (Å²) in [6.45, 7) is -0.0232. The van der Waals surface area contributed by atoms with Gasteiger partial charge in [-0.1, -0.05) is 0 Å². The molecule has 0 saturated carbocycles. The molecule has 0 spiro atoms. The van der Waals surface area contributed by atoms with E-state index in [-0.39, 0.29) is 15.8 Å². The zero-order valence-electron chi connectivity index (χ0n) is 10.1. The Balaban J connectivity index is 2.13. The maximum atomic E-state index is 12.0. The summed E-state index contributed by atoms with van der Waals surface area (Å²) in [5, 5.41) is 3.80. The normalized spacial score (nSPS) is 12.7. The van der Waals surface area contributed by atoms with Gasteiger partial charge in [0.25, 0.3) is 19.1 Å². The molecule has 1 N–H and O–H groups in total. The minimum Gasteiger partial charge on any atom is -0.256 e. The predicted octanol–water partition coefficient (Wildman–Crippen LogP) is 0.888. The molecule has 0 fully saturated rings. The third-order valence-electron chi connectivity index (χ3n) is 2.36. The van der Waals surface area contributed by atoms with Crippen molar-refractivity contribution in [3.63, 3.8) is 0 Å². The molecule has 2 aromatic rings. The number of rotatable bonds is 5. The van der Waals surface area contributed by atoms with Crippen molar-refractivity contribution in [2.24, 2.45) is 7.05 Å². The Morgan fingerprint density at radius 3 is 2.50 bits per heavy atom. The third-order valence-corrected chi connectivity index (χ3v) is 7.02. The Morgan fingerprint density at radius 1 is 1.30 bits per heavy atom. The molecular weight excluding hydrogens is 346 g/mol. The molecule has 0 atom stereocenters. The Morgan fingerprint density at radius 2 is 2.00 bits per heavy atom. The summed E-state index contributed by atoms with van der Waals surface area (Å²) in [4.78, 5) is 0.537. The predicted molar refractivity (Wildman–Crippen MR) is 74.6 cm³/mol. The number of nitrogens with one attached hydrogen (secondary N) is 1. The van der Waals surface area contributed by atoms with Crippen LogP contribution in [0.2, 0.25) is 0 Å². The van der Waals surface area contributed by atoms with Crippen molar-refractivity contribution in [3.8, 4) is 0 Å². The van der Waals surface area contributed by atoms with Gasteiger partial charge in [-0.25, -0.2) is 21.6 Å². The molecule has 0 aliphatic heterocycles. The van der Waals surface area contributed by atoms with Crippen molar-refractivity contribution in [1.82, 2.24) is 14.5 Å². The lowest BCUT2D eigenvalue weighted by atomic mass is 10.5. The number of hydrogen-bond acceptors (Lipinski definition) is 6. The molecule has 2 aromatic heterocycles. The zero-order valence-corrected chi connectivity index (χ0v) is 13.4. The van der Waals surface area contributed by atoms with E-state index in [1.54, 1.807) is 0 Å². The molecule has 0 aliphatic rings. The molecule has 110 valence electrons. The van der Waals surface area contributed by atoms with Gasteiger partial charge in [0.1, 0.15) is 4.21 Å². The van der Waals surface area contributed by atoms with E-state index in [2.05, 4.69) is 9.82 Å². The second-order valence-electron chi connectivity index (χ2n) is 3.78. The van der Waals surface area contributed by atoms with Gasteiger partial charge < -0.3 is 0 Å². The number of aromatic nitrogens is 2. The Kier molecular flexibility index (Phi) is 4.21. The largest absolute Gasteiger partial charge is 0.270 e. The number of halogens is 1. The van der Waals surface area contributed by atoms with Crippen LogP contribution in [0, 0.1) is 0 Å². The van der Waals surface area contributed by atoms with E-state index in [0.717, 1.165) is 11.3 Å². The second-order valence-corrected chi connectivity index (χ2v) is 9.45. The molecular formula is C9H10ClN3O4S3. The summed E-state index contributed by atoms with van der Waals surface area (Å²) in [5.74, 6) is 0. The van der Waals surface area contributed by atoms with Gasteiger partial charge in [0.2, 0.25) is 0 Å². The fourth-order valence-corrected chi connectivity index (χ4v) is 4.73. The van der Waals surface area contributed by atoms with E-state index in [0.29, 0.717) is 4.88 Å². The maximum Gasteiger partial charge on any atom is 0.270 e. The highest BCUT2D eigenvalue weighted by molar-refractivity contribution is 8.15. The van der Waals surface area contributed by atoms with E-state index in [9.17, 15) is 16.8 Å². The SMILES string of the molecule is Cn1nccc1S(=O)(=O)NCc1ccc(S(=O)(=O)Cl)s1. The topological polar surface area (TPSA) is 98.1 Å². The van der Waals surface area contributed by atoms with Gasteiger partial charge in [-0.3, -0.25) is 4.68 Å². The van der Waals surface area contributed by atoms with E-state index in [1.165, 1.54) is 36.1 Å². The smallest absolute Gasteiger partial charge is 0.256 e. The van der Waals surface area contributed by atoms with Crippen molar-refractivity contribution < 1.29 is 16.8 Å². The summed E-state index contributed by atoms with van der Waals surface area (Å²) in [6, 6.07) is 4.21. The lowest BCUT2D eigenvalue weighted by Gasteiger charge is -2.05. The molecule has 0 saturated heterocycles. The van der Waals surface area contributed by atoms with E-state index >= 15 is 0 Å². The minimum atomic E-state index is -3.79. The summed E-state index contributed by atoms with van der Waals surface area (Å²) >= 11 is 0.913. The molecule has 0 unspecified atom stereocenters. The number of aryl methyl sites for hydroxylation is 1. The van der Waals surface area contributed by atoms with Crippen LogP contribution in [0.3, 0.4) is 0 Å². The van der Waals surface area contributed by atoms with Crippen LogP contribution in [-0.4, -0.2) is 26.6 Å². The maximum absolute atomic E-state index is 12.0. The Labute approximate surface area is 124 Å². The Hall–Kier alpha value is -0.940. The molecule has 11 heteroatoms. The van der Waals surface area contributed by atoms with Crippen LogP contribution in [-0.2, 0) is 32.7 Å².